The molecule has 1 aromatic rings. The van der Waals surface area contributed by atoms with Crippen molar-refractivity contribution >= 4 is 21.5 Å². The van der Waals surface area contributed by atoms with Crippen molar-refractivity contribution in [2.45, 2.75) is 18.9 Å². The van der Waals surface area contributed by atoms with E-state index in [1.165, 1.54) is 28.9 Å². The van der Waals surface area contributed by atoms with Gasteiger partial charge in [0.05, 0.1) is 11.2 Å². The molecule has 20 heavy (non-hydrogen) atoms. The number of hydrogen-bond acceptors (Lipinski definition) is 6. The molecular formula is C11H16N4O4S. The second-order valence-corrected chi connectivity index (χ2v) is 6.75. The van der Waals surface area contributed by atoms with Crippen LogP contribution in [0.25, 0.3) is 0 Å². The first-order chi connectivity index (χ1) is 9.36. The lowest BCUT2D eigenvalue weighted by Crippen LogP contribution is -2.44. The highest BCUT2D eigenvalue weighted by Gasteiger charge is 2.25. The summed E-state index contributed by atoms with van der Waals surface area (Å²) in [6, 6.07) is 2.86. The van der Waals surface area contributed by atoms with Crippen molar-refractivity contribution in [3.8, 4) is 0 Å². The zero-order valence-electron chi connectivity index (χ0n) is 11.0. The molecule has 1 aliphatic heterocycles. The molecule has 1 N–H and O–H groups in total. The van der Waals surface area contributed by atoms with E-state index in [2.05, 4.69) is 10.3 Å². The lowest BCUT2D eigenvalue weighted by molar-refractivity contribution is -0.385. The largest absolute Gasteiger partial charge is 0.366 e. The summed E-state index contributed by atoms with van der Waals surface area (Å²) in [5.41, 5.74) is -0.0723. The van der Waals surface area contributed by atoms with Gasteiger partial charge in [-0.25, -0.2) is 17.7 Å². The SMILES string of the molecule is CS(=O)(=O)N1CCCC(Nc2ccc([N+](=O)[O-])cn2)C1. The van der Waals surface area contributed by atoms with Crippen molar-refractivity contribution in [3.63, 3.8) is 0 Å². The molecule has 1 aliphatic rings. The number of aromatic nitrogens is 1. The Hall–Kier alpha value is -1.74. The lowest BCUT2D eigenvalue weighted by atomic mass is 10.1. The maximum absolute atomic E-state index is 11.5. The number of sulfonamides is 1. The normalized spacial score (nSPS) is 20.6. The molecule has 9 heteroatoms. The van der Waals surface area contributed by atoms with Crippen LogP contribution in [-0.4, -0.2) is 48.0 Å². The van der Waals surface area contributed by atoms with Crippen LogP contribution in [0.5, 0.6) is 0 Å². The molecule has 1 atom stereocenters. The standard InChI is InChI=1S/C11H16N4O4S/c1-20(18,19)14-6-2-3-9(8-14)13-11-5-4-10(7-12-11)15(16)17/h4-5,7,9H,2-3,6,8H2,1H3,(H,12,13). The molecule has 1 aromatic heterocycles. The van der Waals surface area contributed by atoms with Crippen LogP contribution in [0.2, 0.25) is 0 Å². The number of pyridine rings is 1. The molecule has 2 heterocycles. The van der Waals surface area contributed by atoms with Crippen LogP contribution in [0.3, 0.4) is 0 Å². The van der Waals surface area contributed by atoms with E-state index in [4.69, 9.17) is 0 Å². The predicted molar refractivity (Wildman–Crippen MR) is 74.0 cm³/mol. The van der Waals surface area contributed by atoms with Gasteiger partial charge in [-0.2, -0.15) is 0 Å². The maximum Gasteiger partial charge on any atom is 0.287 e. The summed E-state index contributed by atoms with van der Waals surface area (Å²) in [7, 11) is -3.19. The summed E-state index contributed by atoms with van der Waals surface area (Å²) in [5.74, 6) is 0.510. The Balaban J connectivity index is 2.01. The van der Waals surface area contributed by atoms with Crippen molar-refractivity contribution < 1.29 is 13.3 Å². The summed E-state index contributed by atoms with van der Waals surface area (Å²) in [4.78, 5) is 14.0. The lowest BCUT2D eigenvalue weighted by Gasteiger charge is -2.31. The van der Waals surface area contributed by atoms with Gasteiger partial charge in [0, 0.05) is 25.2 Å². The fourth-order valence-corrected chi connectivity index (χ4v) is 3.06. The molecule has 2 rings (SSSR count). The molecule has 0 amide bonds. The highest BCUT2D eigenvalue weighted by Crippen LogP contribution is 2.18. The molecule has 0 aromatic carbocycles. The second-order valence-electron chi connectivity index (χ2n) is 4.76. The first kappa shape index (κ1) is 14.7. The Labute approximate surface area is 117 Å². The number of nitrogens with zero attached hydrogens (tertiary/aromatic N) is 3. The first-order valence-corrected chi connectivity index (χ1v) is 8.03. The Morgan fingerprint density at radius 1 is 1.50 bits per heavy atom. The smallest absolute Gasteiger partial charge is 0.287 e. The molecule has 0 aliphatic carbocycles. The molecular weight excluding hydrogens is 284 g/mol. The third-order valence-corrected chi connectivity index (χ3v) is 4.43. The van der Waals surface area contributed by atoms with Crippen LogP contribution < -0.4 is 5.32 Å². The summed E-state index contributed by atoms with van der Waals surface area (Å²) in [6.07, 6.45) is 3.99. The molecule has 110 valence electrons. The van der Waals surface area contributed by atoms with E-state index in [1.54, 1.807) is 0 Å². The highest BCUT2D eigenvalue weighted by atomic mass is 32.2. The fourth-order valence-electron chi connectivity index (χ4n) is 2.15. The zero-order chi connectivity index (χ0) is 14.8. The van der Waals surface area contributed by atoms with E-state index in [9.17, 15) is 18.5 Å². The Morgan fingerprint density at radius 2 is 2.25 bits per heavy atom. The van der Waals surface area contributed by atoms with E-state index in [0.29, 0.717) is 18.9 Å². The molecule has 1 unspecified atom stereocenters. The monoisotopic (exact) mass is 300 g/mol. The minimum Gasteiger partial charge on any atom is -0.366 e. The third-order valence-electron chi connectivity index (χ3n) is 3.16. The van der Waals surface area contributed by atoms with Crippen LogP contribution in [-0.2, 0) is 10.0 Å². The van der Waals surface area contributed by atoms with Gasteiger partial charge in [0.15, 0.2) is 0 Å². The van der Waals surface area contributed by atoms with Crippen molar-refractivity contribution in [3.05, 3.63) is 28.4 Å². The van der Waals surface area contributed by atoms with Gasteiger partial charge in [0.1, 0.15) is 12.0 Å². The van der Waals surface area contributed by atoms with E-state index in [-0.39, 0.29) is 11.7 Å². The van der Waals surface area contributed by atoms with Gasteiger partial charge in [0.25, 0.3) is 5.69 Å². The van der Waals surface area contributed by atoms with E-state index < -0.39 is 14.9 Å². The van der Waals surface area contributed by atoms with Crippen molar-refractivity contribution in [2.24, 2.45) is 0 Å². The Bertz CT molecular complexity index is 587. The molecule has 0 saturated carbocycles. The molecule has 0 bridgehead atoms. The van der Waals surface area contributed by atoms with Gasteiger partial charge in [0.2, 0.25) is 10.0 Å². The Kier molecular flexibility index (Phi) is 4.19. The minimum absolute atomic E-state index is 0.0348. The topological polar surface area (TPSA) is 105 Å². The average molecular weight is 300 g/mol. The van der Waals surface area contributed by atoms with Gasteiger partial charge in [-0.05, 0) is 18.9 Å². The molecule has 0 spiro atoms. The number of piperidine rings is 1. The number of rotatable bonds is 4. The minimum atomic E-state index is -3.19. The van der Waals surface area contributed by atoms with Gasteiger partial charge in [-0.3, -0.25) is 10.1 Å². The van der Waals surface area contributed by atoms with Gasteiger partial charge < -0.3 is 5.32 Å². The van der Waals surface area contributed by atoms with Crippen LogP contribution >= 0.6 is 0 Å². The maximum atomic E-state index is 11.5. The van der Waals surface area contributed by atoms with Crippen LogP contribution in [0, 0.1) is 10.1 Å². The molecule has 1 fully saturated rings. The zero-order valence-corrected chi connectivity index (χ0v) is 11.8. The first-order valence-electron chi connectivity index (χ1n) is 6.18. The second kappa shape index (κ2) is 5.71. The number of nitrogens with one attached hydrogen (secondary N) is 1. The summed E-state index contributed by atoms with van der Waals surface area (Å²) < 4.78 is 24.5. The highest BCUT2D eigenvalue weighted by molar-refractivity contribution is 7.88. The quantitative estimate of drug-likeness (QED) is 0.652. The number of nitro groups is 1. The molecule has 1 saturated heterocycles. The van der Waals surface area contributed by atoms with Crippen LogP contribution in [0.15, 0.2) is 18.3 Å². The number of anilines is 1. The van der Waals surface area contributed by atoms with Gasteiger partial charge >= 0.3 is 0 Å². The summed E-state index contributed by atoms with van der Waals surface area (Å²) >= 11 is 0. The summed E-state index contributed by atoms with van der Waals surface area (Å²) in [5, 5.41) is 13.6. The molecule has 8 nitrogen and oxygen atoms in total. The van der Waals surface area contributed by atoms with Gasteiger partial charge in [-0.1, -0.05) is 0 Å². The van der Waals surface area contributed by atoms with Crippen LogP contribution in [0.1, 0.15) is 12.8 Å². The van der Waals surface area contributed by atoms with E-state index >= 15 is 0 Å². The Morgan fingerprint density at radius 3 is 2.80 bits per heavy atom. The molecule has 0 radical (unpaired) electrons. The van der Waals surface area contributed by atoms with E-state index in [1.807, 2.05) is 0 Å². The number of hydrogen-bond donors (Lipinski definition) is 1. The summed E-state index contributed by atoms with van der Waals surface area (Å²) in [6.45, 7) is 0.919. The van der Waals surface area contributed by atoms with E-state index in [0.717, 1.165) is 12.8 Å². The van der Waals surface area contributed by atoms with Crippen LogP contribution in [0.4, 0.5) is 11.5 Å². The van der Waals surface area contributed by atoms with Crippen molar-refractivity contribution in [1.29, 1.82) is 0 Å². The predicted octanol–water partition coefficient (Wildman–Crippen LogP) is 0.826. The van der Waals surface area contributed by atoms with Gasteiger partial charge in [-0.15, -0.1) is 0 Å². The average Bonchev–Trinajstić information content (AvgIpc) is 2.38. The van der Waals surface area contributed by atoms with Crippen molar-refractivity contribution in [2.75, 3.05) is 24.7 Å². The van der Waals surface area contributed by atoms with Crippen molar-refractivity contribution in [1.82, 2.24) is 9.29 Å². The fraction of sp³-hybridized carbons (Fsp3) is 0.545. The third kappa shape index (κ3) is 3.64.